The minimum atomic E-state index is 0.0771. The van der Waals surface area contributed by atoms with E-state index in [1.807, 2.05) is 24.3 Å². The smallest absolute Gasteiger partial charge is 0.0527 e. The van der Waals surface area contributed by atoms with Crippen molar-refractivity contribution < 1.29 is 5.11 Å². The number of nitrogen functional groups attached to an aromatic ring is 1. The first kappa shape index (κ1) is 7.62. The minimum absolute atomic E-state index is 0.0771. The topological polar surface area (TPSA) is 46.2 Å². The second-order valence-corrected chi connectivity index (χ2v) is 3.56. The van der Waals surface area contributed by atoms with Gasteiger partial charge in [-0.3, -0.25) is 0 Å². The fraction of sp³-hybridized carbons (Fsp3) is 0.400. The largest absolute Gasteiger partial charge is 0.399 e. The molecule has 0 saturated heterocycles. The molecule has 0 aromatic heterocycles. The highest BCUT2D eigenvalue weighted by atomic mass is 16.3. The molecule has 1 aliphatic carbocycles. The predicted molar refractivity (Wildman–Crippen MR) is 48.9 cm³/mol. The number of hydrogen-bond acceptors (Lipinski definition) is 2. The van der Waals surface area contributed by atoms with Crippen molar-refractivity contribution in [2.24, 2.45) is 0 Å². The summed E-state index contributed by atoms with van der Waals surface area (Å²) in [6.45, 7) is 0.261. The molecule has 12 heavy (non-hydrogen) atoms. The number of aliphatic hydroxyl groups is 1. The minimum Gasteiger partial charge on any atom is -0.399 e. The van der Waals surface area contributed by atoms with Crippen LogP contribution in [0.5, 0.6) is 0 Å². The number of aliphatic hydroxyl groups excluding tert-OH is 1. The van der Waals surface area contributed by atoms with Crippen LogP contribution in [0.15, 0.2) is 24.3 Å². The van der Waals surface area contributed by atoms with Crippen molar-refractivity contribution in [2.75, 3.05) is 12.3 Å². The molecule has 0 bridgehead atoms. The molecule has 64 valence electrons. The molecule has 0 aliphatic heterocycles. The summed E-state index contributed by atoms with van der Waals surface area (Å²) >= 11 is 0. The van der Waals surface area contributed by atoms with Crippen molar-refractivity contribution in [1.29, 1.82) is 0 Å². The van der Waals surface area contributed by atoms with E-state index in [2.05, 4.69) is 0 Å². The molecule has 1 aromatic rings. The Morgan fingerprint density at radius 3 is 2.25 bits per heavy atom. The van der Waals surface area contributed by atoms with Crippen LogP contribution in [0, 0.1) is 0 Å². The number of benzene rings is 1. The molecular formula is C10H13NO. The first-order valence-electron chi connectivity index (χ1n) is 4.24. The maximum absolute atomic E-state index is 9.15. The molecule has 2 nitrogen and oxygen atoms in total. The van der Waals surface area contributed by atoms with E-state index in [0.717, 1.165) is 18.5 Å². The van der Waals surface area contributed by atoms with Crippen molar-refractivity contribution in [3.63, 3.8) is 0 Å². The van der Waals surface area contributed by atoms with Gasteiger partial charge in [-0.1, -0.05) is 12.1 Å². The molecule has 3 N–H and O–H groups in total. The summed E-state index contributed by atoms with van der Waals surface area (Å²) in [6.07, 6.45) is 2.21. The molecule has 0 unspecified atom stereocenters. The molecule has 0 radical (unpaired) electrons. The first-order chi connectivity index (χ1) is 5.77. The number of rotatable bonds is 2. The van der Waals surface area contributed by atoms with Gasteiger partial charge in [-0.25, -0.2) is 0 Å². The maximum Gasteiger partial charge on any atom is 0.0527 e. The van der Waals surface area contributed by atoms with Crippen LogP contribution in [0.4, 0.5) is 5.69 Å². The lowest BCUT2D eigenvalue weighted by molar-refractivity contribution is 0.255. The van der Waals surface area contributed by atoms with E-state index in [9.17, 15) is 0 Å². The third kappa shape index (κ3) is 1.08. The molecule has 0 heterocycles. The number of hydrogen-bond donors (Lipinski definition) is 2. The van der Waals surface area contributed by atoms with Crippen LogP contribution < -0.4 is 5.73 Å². The molecule has 1 fully saturated rings. The Morgan fingerprint density at radius 1 is 1.25 bits per heavy atom. The molecule has 2 rings (SSSR count). The van der Waals surface area contributed by atoms with Crippen molar-refractivity contribution in [1.82, 2.24) is 0 Å². The van der Waals surface area contributed by atoms with Gasteiger partial charge in [0.25, 0.3) is 0 Å². The van der Waals surface area contributed by atoms with E-state index in [4.69, 9.17) is 10.8 Å². The van der Waals surface area contributed by atoms with E-state index < -0.39 is 0 Å². The van der Waals surface area contributed by atoms with Crippen molar-refractivity contribution in [3.05, 3.63) is 29.8 Å². The highest BCUT2D eigenvalue weighted by Gasteiger charge is 2.43. The van der Waals surface area contributed by atoms with Gasteiger partial charge in [0.15, 0.2) is 0 Å². The summed E-state index contributed by atoms with van der Waals surface area (Å²) in [7, 11) is 0. The van der Waals surface area contributed by atoms with Gasteiger partial charge < -0.3 is 10.8 Å². The first-order valence-corrected chi connectivity index (χ1v) is 4.24. The van der Waals surface area contributed by atoms with Crippen LogP contribution in [0.25, 0.3) is 0 Å². The normalized spacial score (nSPS) is 19.1. The Bertz CT molecular complexity index is 274. The number of nitrogens with two attached hydrogens (primary N) is 1. The van der Waals surface area contributed by atoms with E-state index in [-0.39, 0.29) is 12.0 Å². The van der Waals surface area contributed by atoms with Gasteiger partial charge in [-0.15, -0.1) is 0 Å². The van der Waals surface area contributed by atoms with Gasteiger partial charge in [0.2, 0.25) is 0 Å². The van der Waals surface area contributed by atoms with Crippen LogP contribution in [0.1, 0.15) is 18.4 Å². The van der Waals surface area contributed by atoms with E-state index >= 15 is 0 Å². The summed E-state index contributed by atoms with van der Waals surface area (Å²) in [6, 6.07) is 7.81. The Morgan fingerprint density at radius 2 is 1.83 bits per heavy atom. The Hall–Kier alpha value is -1.02. The average molecular weight is 163 g/mol. The Labute approximate surface area is 72.0 Å². The van der Waals surface area contributed by atoms with Crippen LogP contribution in [-0.2, 0) is 5.41 Å². The van der Waals surface area contributed by atoms with E-state index in [0.29, 0.717) is 0 Å². The van der Waals surface area contributed by atoms with Gasteiger partial charge >= 0.3 is 0 Å². The zero-order chi connectivity index (χ0) is 8.60. The highest BCUT2D eigenvalue weighted by Crippen LogP contribution is 2.47. The summed E-state index contributed by atoms with van der Waals surface area (Å²) < 4.78 is 0. The van der Waals surface area contributed by atoms with E-state index in [1.54, 1.807) is 0 Å². The quantitative estimate of drug-likeness (QED) is 0.645. The second kappa shape index (κ2) is 2.49. The summed E-state index contributed by atoms with van der Waals surface area (Å²) in [5.41, 5.74) is 7.65. The zero-order valence-electron chi connectivity index (χ0n) is 6.96. The molecular weight excluding hydrogens is 150 g/mol. The molecule has 0 atom stereocenters. The predicted octanol–water partition coefficient (Wildman–Crippen LogP) is 1.29. The molecule has 1 aliphatic rings. The van der Waals surface area contributed by atoms with Crippen molar-refractivity contribution in [3.8, 4) is 0 Å². The second-order valence-electron chi connectivity index (χ2n) is 3.56. The summed E-state index contributed by atoms with van der Waals surface area (Å²) in [5, 5.41) is 9.15. The molecule has 0 amide bonds. The SMILES string of the molecule is Nc1ccc(C2(CO)CC2)cc1. The van der Waals surface area contributed by atoms with Gasteiger partial charge in [-0.05, 0) is 30.5 Å². The number of anilines is 1. The standard InChI is InChI=1S/C10H13NO/c11-9-3-1-8(2-4-9)10(7-12)5-6-10/h1-4,12H,5-7,11H2. The summed E-state index contributed by atoms with van der Waals surface area (Å²) in [5.74, 6) is 0. The lowest BCUT2D eigenvalue weighted by atomic mass is 9.97. The lowest BCUT2D eigenvalue weighted by Gasteiger charge is -2.11. The fourth-order valence-corrected chi connectivity index (χ4v) is 1.53. The van der Waals surface area contributed by atoms with Crippen LogP contribution >= 0.6 is 0 Å². The summed E-state index contributed by atoms with van der Waals surface area (Å²) in [4.78, 5) is 0. The van der Waals surface area contributed by atoms with Crippen LogP contribution in [-0.4, -0.2) is 11.7 Å². The van der Waals surface area contributed by atoms with Gasteiger partial charge in [0.05, 0.1) is 6.61 Å². The monoisotopic (exact) mass is 163 g/mol. The van der Waals surface area contributed by atoms with Gasteiger partial charge in [0.1, 0.15) is 0 Å². The van der Waals surface area contributed by atoms with Crippen LogP contribution in [0.2, 0.25) is 0 Å². The third-order valence-electron chi connectivity index (χ3n) is 2.68. The van der Waals surface area contributed by atoms with Crippen molar-refractivity contribution in [2.45, 2.75) is 18.3 Å². The Kier molecular flexibility index (Phi) is 1.58. The molecule has 1 saturated carbocycles. The van der Waals surface area contributed by atoms with Crippen LogP contribution in [0.3, 0.4) is 0 Å². The fourth-order valence-electron chi connectivity index (χ4n) is 1.53. The maximum atomic E-state index is 9.15. The third-order valence-corrected chi connectivity index (χ3v) is 2.68. The Balaban J connectivity index is 2.29. The lowest BCUT2D eigenvalue weighted by Crippen LogP contribution is -2.11. The molecule has 0 spiro atoms. The molecule has 1 aromatic carbocycles. The van der Waals surface area contributed by atoms with Gasteiger partial charge in [0, 0.05) is 11.1 Å². The van der Waals surface area contributed by atoms with Crippen molar-refractivity contribution >= 4 is 5.69 Å². The van der Waals surface area contributed by atoms with E-state index in [1.165, 1.54) is 5.56 Å². The average Bonchev–Trinajstić information content (AvgIpc) is 2.86. The zero-order valence-corrected chi connectivity index (χ0v) is 6.96. The highest BCUT2D eigenvalue weighted by molar-refractivity contribution is 5.43. The van der Waals surface area contributed by atoms with Gasteiger partial charge in [-0.2, -0.15) is 0 Å². The molecule has 2 heteroatoms.